The fourth-order valence-corrected chi connectivity index (χ4v) is 6.61. The van der Waals surface area contributed by atoms with Crippen LogP contribution < -0.4 is 10.1 Å². The van der Waals surface area contributed by atoms with Gasteiger partial charge in [-0.25, -0.2) is 30.7 Å². The van der Waals surface area contributed by atoms with Crippen molar-refractivity contribution in [3.8, 4) is 5.75 Å². The normalized spacial score (nSPS) is 20.6. The summed E-state index contributed by atoms with van der Waals surface area (Å²) in [4.78, 5) is 1.30. The van der Waals surface area contributed by atoms with Gasteiger partial charge in [0.1, 0.15) is 23.2 Å². The minimum absolute atomic E-state index is 0.0506. The topological polar surface area (TPSA) is 21.7 Å². The van der Waals surface area contributed by atoms with Crippen LogP contribution in [0.2, 0.25) is 0 Å². The third-order valence-corrected chi connectivity index (χ3v) is 8.34. The van der Waals surface area contributed by atoms with Crippen LogP contribution in [0.3, 0.4) is 0 Å². The predicted octanol–water partition coefficient (Wildman–Crippen LogP) is 7.42. The molecule has 5 aromatic carbocycles. The van der Waals surface area contributed by atoms with Crippen molar-refractivity contribution in [2.45, 2.75) is 18.2 Å². The van der Waals surface area contributed by atoms with E-state index in [2.05, 4.69) is 0 Å². The molecule has 11 heteroatoms. The van der Waals surface area contributed by atoms with Gasteiger partial charge in [0.05, 0.1) is 5.60 Å². The Morgan fingerprint density at radius 3 is 1.68 bits per heavy atom. The maximum Gasteiger partial charge on any atom is 0.410 e. The standard InChI is InChI=1S/C33H20BF7NO2/c35-23-16-20-18-42-32(19-10-4-1-5-11-19)33(21-12-6-2-7-13-21,22-14-8-3-9-15-22)44-34(42,43-31(20)24(36)17-23)25-26(37)28(39)30(41)29(40)27(25)38/h1-17,32H,18H2/q-1/t32-,34?/m1/s1. The first-order valence-electron chi connectivity index (χ1n) is 13.6. The fraction of sp³-hybridized carbons (Fsp3) is 0.0909. The number of halogens is 7. The fourth-order valence-electron chi connectivity index (χ4n) is 6.61. The van der Waals surface area contributed by atoms with E-state index in [0.717, 1.165) is 6.07 Å². The van der Waals surface area contributed by atoms with Gasteiger partial charge in [0.2, 0.25) is 0 Å². The predicted molar refractivity (Wildman–Crippen MR) is 148 cm³/mol. The summed E-state index contributed by atoms with van der Waals surface area (Å²) in [6, 6.07) is 26.0. The van der Waals surface area contributed by atoms with Gasteiger partial charge in [0, 0.05) is 17.7 Å². The number of hydrogen-bond acceptors (Lipinski definition) is 3. The number of benzene rings is 5. The first-order valence-corrected chi connectivity index (χ1v) is 13.6. The van der Waals surface area contributed by atoms with Gasteiger partial charge in [0.25, 0.3) is 0 Å². The third kappa shape index (κ3) is 3.92. The summed E-state index contributed by atoms with van der Waals surface area (Å²) in [7, 11) is 0. The molecular weight excluding hydrogens is 586 g/mol. The van der Waals surface area contributed by atoms with Gasteiger partial charge < -0.3 is 14.1 Å². The molecule has 44 heavy (non-hydrogen) atoms. The molecule has 0 aliphatic carbocycles. The maximum absolute atomic E-state index is 15.9. The van der Waals surface area contributed by atoms with Crippen molar-refractivity contribution in [3.63, 3.8) is 0 Å². The summed E-state index contributed by atoms with van der Waals surface area (Å²) in [5.74, 6) is -14.0. The second kappa shape index (κ2) is 10.2. The van der Waals surface area contributed by atoms with Crippen LogP contribution in [0.25, 0.3) is 0 Å². The minimum atomic E-state index is -3.95. The molecule has 1 fully saturated rings. The van der Waals surface area contributed by atoms with E-state index in [9.17, 15) is 17.6 Å². The van der Waals surface area contributed by atoms with Crippen LogP contribution in [-0.4, -0.2) is 11.5 Å². The second-order valence-corrected chi connectivity index (χ2v) is 10.7. The van der Waals surface area contributed by atoms with Gasteiger partial charge in [-0.15, -0.1) is 0 Å². The highest BCUT2D eigenvalue weighted by Gasteiger charge is 2.64. The Hall–Kier alpha value is -4.61. The first-order chi connectivity index (χ1) is 21.2. The van der Waals surface area contributed by atoms with Gasteiger partial charge in [-0.1, -0.05) is 91.0 Å². The molecule has 1 saturated heterocycles. The Bertz CT molecular complexity index is 1830. The first kappa shape index (κ1) is 28.2. The lowest BCUT2D eigenvalue weighted by atomic mass is 9.59. The van der Waals surface area contributed by atoms with Crippen molar-refractivity contribution < 1.29 is 40.0 Å². The molecule has 0 radical (unpaired) electrons. The molecule has 0 saturated carbocycles. The lowest BCUT2D eigenvalue weighted by Gasteiger charge is -2.50. The molecule has 1 unspecified atom stereocenters. The molecule has 3 nitrogen and oxygen atoms in total. The van der Waals surface area contributed by atoms with Crippen LogP contribution in [0, 0.1) is 40.7 Å². The second-order valence-electron chi connectivity index (χ2n) is 10.7. The monoisotopic (exact) mass is 606 g/mol. The average molecular weight is 606 g/mol. The van der Waals surface area contributed by atoms with Gasteiger partial charge in [0.15, 0.2) is 23.3 Å². The summed E-state index contributed by atoms with van der Waals surface area (Å²) in [6.45, 7) is -4.39. The zero-order chi connectivity index (χ0) is 30.8. The molecule has 0 spiro atoms. The smallest absolute Gasteiger partial charge is 0.410 e. The Balaban J connectivity index is 1.65. The number of nitrogens with zero attached hydrogens (tertiary/aromatic N) is 1. The van der Waals surface area contributed by atoms with Crippen molar-refractivity contribution in [2.75, 3.05) is 0 Å². The maximum atomic E-state index is 15.9. The van der Waals surface area contributed by atoms with Crippen LogP contribution >= 0.6 is 0 Å². The van der Waals surface area contributed by atoms with Crippen molar-refractivity contribution in [3.05, 3.63) is 166 Å². The highest BCUT2D eigenvalue weighted by Crippen LogP contribution is 2.58. The molecule has 7 rings (SSSR count). The van der Waals surface area contributed by atoms with E-state index in [1.54, 1.807) is 91.0 Å². The molecule has 2 atom stereocenters. The van der Waals surface area contributed by atoms with Gasteiger partial charge in [-0.3, -0.25) is 0 Å². The zero-order valence-electron chi connectivity index (χ0n) is 22.6. The van der Waals surface area contributed by atoms with E-state index in [1.807, 2.05) is 0 Å². The number of rotatable bonds is 4. The van der Waals surface area contributed by atoms with Crippen LogP contribution in [0.5, 0.6) is 5.75 Å². The van der Waals surface area contributed by atoms with Crippen molar-refractivity contribution in [1.29, 1.82) is 0 Å². The molecule has 2 heterocycles. The van der Waals surface area contributed by atoms with Crippen molar-refractivity contribution >= 4 is 12.1 Å². The van der Waals surface area contributed by atoms with Crippen LogP contribution in [0.15, 0.2) is 103 Å². The summed E-state index contributed by atoms with van der Waals surface area (Å²) < 4.78 is 119. The van der Waals surface area contributed by atoms with Crippen LogP contribution in [-0.2, 0) is 16.8 Å². The summed E-state index contributed by atoms with van der Waals surface area (Å²) in [5.41, 5.74) is -1.80. The SMILES string of the molecule is Fc1cc(F)c2c(c1)CN1[C@H](c3ccccc3)C(c3ccccc3)(c3ccccc3)O[B-]1(c1c(F)c(F)c(F)c(F)c1F)O2. The van der Waals surface area contributed by atoms with Crippen LogP contribution in [0.4, 0.5) is 30.7 Å². The Morgan fingerprint density at radius 2 is 1.14 bits per heavy atom. The summed E-state index contributed by atoms with van der Waals surface area (Å²) in [5, 5.41) is 0. The highest BCUT2D eigenvalue weighted by atomic mass is 19.2. The number of hydrogen-bond donors (Lipinski definition) is 0. The van der Waals surface area contributed by atoms with E-state index in [0.29, 0.717) is 22.8 Å². The molecule has 0 aromatic heterocycles. The van der Waals surface area contributed by atoms with Crippen molar-refractivity contribution in [2.24, 2.45) is 0 Å². The van der Waals surface area contributed by atoms with E-state index in [4.69, 9.17) is 9.31 Å². The zero-order valence-corrected chi connectivity index (χ0v) is 22.6. The van der Waals surface area contributed by atoms with E-state index in [-0.39, 0.29) is 5.56 Å². The Kier molecular flexibility index (Phi) is 6.56. The average Bonchev–Trinajstić information content (AvgIpc) is 3.35. The molecule has 0 N–H and O–H groups in total. The lowest BCUT2D eigenvalue weighted by Crippen LogP contribution is -2.69. The molecule has 2 aliphatic rings. The quantitative estimate of drug-likeness (QED) is 0.0921. The van der Waals surface area contributed by atoms with E-state index >= 15 is 13.2 Å². The molecule has 0 amide bonds. The van der Waals surface area contributed by atoms with E-state index in [1.165, 1.54) is 4.81 Å². The molecule has 222 valence electrons. The number of fused-ring (bicyclic) bond motifs is 2. The lowest BCUT2D eigenvalue weighted by molar-refractivity contribution is 0.0863. The molecule has 2 aliphatic heterocycles. The van der Waals surface area contributed by atoms with Crippen molar-refractivity contribution in [1.82, 2.24) is 4.81 Å². The van der Waals surface area contributed by atoms with Gasteiger partial charge in [-0.05, 0) is 34.8 Å². The highest BCUT2D eigenvalue weighted by molar-refractivity contribution is 6.80. The summed E-state index contributed by atoms with van der Waals surface area (Å²) in [6.07, 6.45) is 0. The Labute approximate surface area is 247 Å². The molecular formula is C33H20BF7NO2-. The summed E-state index contributed by atoms with van der Waals surface area (Å²) >= 11 is 0. The Morgan fingerprint density at radius 1 is 0.636 bits per heavy atom. The van der Waals surface area contributed by atoms with Gasteiger partial charge >= 0.3 is 6.69 Å². The van der Waals surface area contributed by atoms with Gasteiger partial charge in [-0.2, -0.15) is 0 Å². The molecule has 0 bridgehead atoms. The van der Waals surface area contributed by atoms with Crippen LogP contribution in [0.1, 0.15) is 28.3 Å². The third-order valence-electron chi connectivity index (χ3n) is 8.34. The molecule has 5 aromatic rings. The largest absolute Gasteiger partial charge is 0.674 e. The minimum Gasteiger partial charge on any atom is -0.674 e. The van der Waals surface area contributed by atoms with E-state index < -0.39 is 76.8 Å².